The van der Waals surface area contributed by atoms with E-state index < -0.39 is 17.9 Å². The SMILES string of the molecule is CCOC(=O)C(Cc1ccc(OC)c2c1OCO2)C(=O)OCC. The Bertz CT molecular complexity index is 564. The second-order valence-corrected chi connectivity index (χ2v) is 4.75. The number of carbonyl (C=O) groups excluding carboxylic acids is 2. The van der Waals surface area contributed by atoms with Crippen LogP contribution in [0.2, 0.25) is 0 Å². The monoisotopic (exact) mass is 324 g/mol. The van der Waals surface area contributed by atoms with Gasteiger partial charge >= 0.3 is 11.9 Å². The lowest BCUT2D eigenvalue weighted by molar-refractivity contribution is -0.161. The lowest BCUT2D eigenvalue weighted by Crippen LogP contribution is -2.30. The van der Waals surface area contributed by atoms with Crippen LogP contribution in [-0.2, 0) is 25.5 Å². The molecule has 0 spiro atoms. The molecule has 0 aromatic heterocycles. The van der Waals surface area contributed by atoms with Gasteiger partial charge in [0, 0.05) is 6.42 Å². The van der Waals surface area contributed by atoms with Crippen molar-refractivity contribution >= 4 is 11.9 Å². The highest BCUT2D eigenvalue weighted by Crippen LogP contribution is 2.44. The van der Waals surface area contributed by atoms with Crippen molar-refractivity contribution in [3.05, 3.63) is 17.7 Å². The van der Waals surface area contributed by atoms with Gasteiger partial charge in [0.05, 0.1) is 20.3 Å². The van der Waals surface area contributed by atoms with Crippen LogP contribution in [0, 0.1) is 5.92 Å². The standard InChI is InChI=1S/C16H20O7/c1-4-20-15(17)11(16(18)21-5-2)8-10-6-7-12(19-3)14-13(10)22-9-23-14/h6-7,11H,4-5,8-9H2,1-3H3. The average molecular weight is 324 g/mol. The van der Waals surface area contributed by atoms with Gasteiger partial charge in [-0.3, -0.25) is 9.59 Å². The van der Waals surface area contributed by atoms with Crippen LogP contribution in [-0.4, -0.2) is 39.1 Å². The molecule has 7 nitrogen and oxygen atoms in total. The fraction of sp³-hybridized carbons (Fsp3) is 0.500. The highest BCUT2D eigenvalue weighted by molar-refractivity contribution is 5.95. The van der Waals surface area contributed by atoms with E-state index in [0.29, 0.717) is 22.8 Å². The first-order valence-electron chi connectivity index (χ1n) is 7.41. The molecule has 126 valence electrons. The lowest BCUT2D eigenvalue weighted by Gasteiger charge is -2.16. The van der Waals surface area contributed by atoms with Gasteiger partial charge in [-0.05, 0) is 25.5 Å². The molecule has 1 aliphatic rings. The second kappa shape index (κ2) is 7.71. The molecule has 2 rings (SSSR count). The Morgan fingerprint density at radius 2 is 1.70 bits per heavy atom. The third-order valence-corrected chi connectivity index (χ3v) is 3.35. The summed E-state index contributed by atoms with van der Waals surface area (Å²) in [7, 11) is 1.52. The largest absolute Gasteiger partial charge is 0.493 e. The number of fused-ring (bicyclic) bond motifs is 1. The molecular weight excluding hydrogens is 304 g/mol. The molecule has 0 aliphatic carbocycles. The molecular formula is C16H20O7. The normalized spacial score (nSPS) is 12.2. The van der Waals surface area contributed by atoms with Gasteiger partial charge in [-0.25, -0.2) is 0 Å². The molecule has 0 saturated carbocycles. The Kier molecular flexibility index (Phi) is 5.67. The average Bonchev–Trinajstić information content (AvgIpc) is 3.02. The highest BCUT2D eigenvalue weighted by atomic mass is 16.7. The smallest absolute Gasteiger partial charge is 0.320 e. The van der Waals surface area contributed by atoms with E-state index in [-0.39, 0.29) is 26.4 Å². The number of ether oxygens (including phenoxy) is 5. The van der Waals surface area contributed by atoms with Gasteiger partial charge < -0.3 is 23.7 Å². The van der Waals surface area contributed by atoms with Gasteiger partial charge in [0.1, 0.15) is 0 Å². The van der Waals surface area contributed by atoms with Crippen molar-refractivity contribution in [3.8, 4) is 17.2 Å². The van der Waals surface area contributed by atoms with Crippen LogP contribution in [0.3, 0.4) is 0 Å². The summed E-state index contributed by atoms with van der Waals surface area (Å²) in [5, 5.41) is 0. The molecule has 1 aromatic rings. The maximum Gasteiger partial charge on any atom is 0.320 e. The summed E-state index contributed by atoms with van der Waals surface area (Å²) in [6, 6.07) is 3.44. The quantitative estimate of drug-likeness (QED) is 0.558. The van der Waals surface area contributed by atoms with Crippen molar-refractivity contribution in [2.24, 2.45) is 5.92 Å². The van der Waals surface area contributed by atoms with Gasteiger partial charge in [0.25, 0.3) is 0 Å². The third-order valence-electron chi connectivity index (χ3n) is 3.35. The minimum atomic E-state index is -1.04. The van der Waals surface area contributed by atoms with Crippen molar-refractivity contribution < 1.29 is 33.3 Å². The van der Waals surface area contributed by atoms with Crippen LogP contribution in [0.5, 0.6) is 17.2 Å². The van der Waals surface area contributed by atoms with E-state index in [1.54, 1.807) is 26.0 Å². The van der Waals surface area contributed by atoms with Gasteiger partial charge in [0.2, 0.25) is 12.5 Å². The summed E-state index contributed by atoms with van der Waals surface area (Å²) in [6.45, 7) is 3.81. The number of esters is 2. The molecule has 0 saturated heterocycles. The number of hydrogen-bond donors (Lipinski definition) is 0. The van der Waals surface area contributed by atoms with Crippen molar-refractivity contribution in [1.82, 2.24) is 0 Å². The van der Waals surface area contributed by atoms with E-state index in [9.17, 15) is 9.59 Å². The topological polar surface area (TPSA) is 80.3 Å². The fourth-order valence-corrected chi connectivity index (χ4v) is 2.32. The minimum Gasteiger partial charge on any atom is -0.493 e. The second-order valence-electron chi connectivity index (χ2n) is 4.75. The van der Waals surface area contributed by atoms with Gasteiger partial charge in [0.15, 0.2) is 17.4 Å². The summed E-state index contributed by atoms with van der Waals surface area (Å²) in [5.74, 6) is -0.801. The molecule has 1 aromatic carbocycles. The first-order chi connectivity index (χ1) is 11.1. The van der Waals surface area contributed by atoms with Crippen LogP contribution in [0.4, 0.5) is 0 Å². The van der Waals surface area contributed by atoms with Crippen molar-refractivity contribution in [1.29, 1.82) is 0 Å². The zero-order valence-corrected chi connectivity index (χ0v) is 13.4. The molecule has 0 atom stereocenters. The molecule has 1 aliphatic heterocycles. The van der Waals surface area contributed by atoms with E-state index in [2.05, 4.69) is 0 Å². The van der Waals surface area contributed by atoms with Gasteiger partial charge in [-0.1, -0.05) is 6.07 Å². The molecule has 23 heavy (non-hydrogen) atoms. The molecule has 0 N–H and O–H groups in total. The maximum atomic E-state index is 12.1. The van der Waals surface area contributed by atoms with Crippen molar-refractivity contribution in [3.63, 3.8) is 0 Å². The summed E-state index contributed by atoms with van der Waals surface area (Å²) < 4.78 is 26.0. The van der Waals surface area contributed by atoms with Crippen molar-refractivity contribution in [2.75, 3.05) is 27.1 Å². The van der Waals surface area contributed by atoms with Crippen LogP contribution < -0.4 is 14.2 Å². The predicted octanol–water partition coefficient (Wildman–Crippen LogP) is 1.71. The zero-order valence-electron chi connectivity index (χ0n) is 13.4. The maximum absolute atomic E-state index is 12.1. The third kappa shape index (κ3) is 3.67. The lowest BCUT2D eigenvalue weighted by atomic mass is 9.98. The summed E-state index contributed by atoms with van der Waals surface area (Å²) in [5.41, 5.74) is 0.657. The van der Waals surface area contributed by atoms with E-state index in [1.165, 1.54) is 7.11 Å². The molecule has 0 unspecified atom stereocenters. The molecule has 0 radical (unpaired) electrons. The zero-order chi connectivity index (χ0) is 16.8. The van der Waals surface area contributed by atoms with Crippen LogP contribution in [0.15, 0.2) is 12.1 Å². The highest BCUT2D eigenvalue weighted by Gasteiger charge is 2.33. The Hall–Kier alpha value is -2.44. The molecule has 0 fully saturated rings. The molecule has 7 heteroatoms. The predicted molar refractivity (Wildman–Crippen MR) is 79.6 cm³/mol. The Balaban J connectivity index is 2.28. The Morgan fingerprint density at radius 3 is 2.26 bits per heavy atom. The number of carbonyl (C=O) groups is 2. The van der Waals surface area contributed by atoms with Crippen molar-refractivity contribution in [2.45, 2.75) is 20.3 Å². The fourth-order valence-electron chi connectivity index (χ4n) is 2.32. The van der Waals surface area contributed by atoms with Gasteiger partial charge in [-0.15, -0.1) is 0 Å². The van der Waals surface area contributed by atoms with E-state index in [4.69, 9.17) is 23.7 Å². The van der Waals surface area contributed by atoms with Gasteiger partial charge in [-0.2, -0.15) is 0 Å². The summed E-state index contributed by atoms with van der Waals surface area (Å²) in [6.07, 6.45) is 0.105. The Morgan fingerprint density at radius 1 is 1.09 bits per heavy atom. The molecule has 1 heterocycles. The van der Waals surface area contributed by atoms with Crippen LogP contribution in [0.25, 0.3) is 0 Å². The number of benzene rings is 1. The minimum absolute atomic E-state index is 0.0617. The Labute approximate surface area is 134 Å². The number of hydrogen-bond acceptors (Lipinski definition) is 7. The first kappa shape index (κ1) is 16.9. The number of rotatable bonds is 7. The van der Waals surface area contributed by atoms with E-state index >= 15 is 0 Å². The van der Waals surface area contributed by atoms with E-state index in [1.807, 2.05) is 0 Å². The molecule has 0 amide bonds. The molecule has 0 bridgehead atoms. The summed E-state index contributed by atoms with van der Waals surface area (Å²) >= 11 is 0. The van der Waals surface area contributed by atoms with Crippen LogP contribution in [0.1, 0.15) is 19.4 Å². The number of methoxy groups -OCH3 is 1. The van der Waals surface area contributed by atoms with E-state index in [0.717, 1.165) is 0 Å². The summed E-state index contributed by atoms with van der Waals surface area (Å²) in [4.78, 5) is 24.1. The van der Waals surface area contributed by atoms with Crippen LogP contribution >= 0.6 is 0 Å². The first-order valence-corrected chi connectivity index (χ1v) is 7.41.